The summed E-state index contributed by atoms with van der Waals surface area (Å²) in [5, 5.41) is 2.98. The van der Waals surface area contributed by atoms with Crippen LogP contribution >= 0.6 is 0 Å². The summed E-state index contributed by atoms with van der Waals surface area (Å²) in [6.45, 7) is 8.44. The highest BCUT2D eigenvalue weighted by atomic mass is 16.1. The Morgan fingerprint density at radius 2 is 1.81 bits per heavy atom. The molecular weight excluding hydrogens is 338 g/mol. The first-order valence-electron chi connectivity index (χ1n) is 9.44. The molecule has 6 nitrogen and oxygen atoms in total. The van der Waals surface area contributed by atoms with Crippen LogP contribution in [0.4, 0.5) is 5.95 Å². The molecule has 3 N–H and O–H groups in total. The number of nitrogens with two attached hydrogens (primary N) is 1. The zero-order valence-electron chi connectivity index (χ0n) is 16.0. The highest BCUT2D eigenvalue weighted by molar-refractivity contribution is 6.04. The van der Waals surface area contributed by atoms with Gasteiger partial charge in [-0.3, -0.25) is 10.1 Å². The lowest BCUT2D eigenvalue weighted by Gasteiger charge is -2.19. The molecule has 0 aliphatic carbocycles. The van der Waals surface area contributed by atoms with Crippen molar-refractivity contribution in [3.05, 3.63) is 59.7 Å². The third-order valence-corrected chi connectivity index (χ3v) is 4.87. The van der Waals surface area contributed by atoms with E-state index in [1.165, 1.54) is 0 Å². The number of nitrogens with one attached hydrogen (secondary N) is 1. The summed E-state index contributed by atoms with van der Waals surface area (Å²) in [5.74, 6) is 0.411. The van der Waals surface area contributed by atoms with Crippen LogP contribution in [-0.2, 0) is 13.1 Å². The van der Waals surface area contributed by atoms with Crippen LogP contribution < -0.4 is 11.1 Å². The topological polar surface area (TPSA) is 76.2 Å². The van der Waals surface area contributed by atoms with Crippen LogP contribution in [0.25, 0.3) is 11.0 Å². The van der Waals surface area contributed by atoms with Gasteiger partial charge in [-0.15, -0.1) is 0 Å². The fourth-order valence-corrected chi connectivity index (χ4v) is 3.14. The zero-order valence-corrected chi connectivity index (χ0v) is 16.0. The number of rotatable bonds is 8. The number of benzene rings is 2. The Bertz CT molecular complexity index is 897. The quantitative estimate of drug-likeness (QED) is 0.643. The second-order valence-electron chi connectivity index (χ2n) is 6.46. The van der Waals surface area contributed by atoms with Gasteiger partial charge in [-0.2, -0.15) is 0 Å². The predicted octanol–water partition coefficient (Wildman–Crippen LogP) is 3.09. The van der Waals surface area contributed by atoms with Crippen LogP contribution in [0.2, 0.25) is 0 Å². The smallest absolute Gasteiger partial charge is 0.257 e. The molecule has 0 spiro atoms. The van der Waals surface area contributed by atoms with E-state index in [0.717, 1.165) is 42.8 Å². The van der Waals surface area contributed by atoms with Gasteiger partial charge in [-0.25, -0.2) is 4.98 Å². The normalized spacial score (nSPS) is 11.3. The monoisotopic (exact) mass is 365 g/mol. The number of hydrogen-bond donors (Lipinski definition) is 2. The second-order valence-corrected chi connectivity index (χ2v) is 6.46. The summed E-state index contributed by atoms with van der Waals surface area (Å²) in [7, 11) is 0. The van der Waals surface area contributed by atoms with Gasteiger partial charge in [0.15, 0.2) is 0 Å². The van der Waals surface area contributed by atoms with E-state index in [2.05, 4.69) is 33.6 Å². The molecule has 27 heavy (non-hydrogen) atoms. The Morgan fingerprint density at radius 1 is 1.11 bits per heavy atom. The lowest BCUT2D eigenvalue weighted by atomic mass is 10.1. The lowest BCUT2D eigenvalue weighted by Crippen LogP contribution is -2.27. The van der Waals surface area contributed by atoms with Gasteiger partial charge in [0.25, 0.3) is 5.91 Å². The number of imidazole rings is 1. The number of anilines is 1. The Hall–Kier alpha value is -2.70. The van der Waals surface area contributed by atoms with Crippen molar-refractivity contribution in [3.63, 3.8) is 0 Å². The molecule has 1 amide bonds. The van der Waals surface area contributed by atoms with E-state index in [-0.39, 0.29) is 5.91 Å². The van der Waals surface area contributed by atoms with Gasteiger partial charge in [0, 0.05) is 25.2 Å². The molecule has 142 valence electrons. The van der Waals surface area contributed by atoms with Gasteiger partial charge < -0.3 is 15.2 Å². The highest BCUT2D eigenvalue weighted by Crippen LogP contribution is 2.20. The molecule has 0 saturated carbocycles. The molecule has 1 aromatic heterocycles. The Morgan fingerprint density at radius 3 is 2.48 bits per heavy atom. The maximum Gasteiger partial charge on any atom is 0.257 e. The van der Waals surface area contributed by atoms with Gasteiger partial charge in [-0.1, -0.05) is 38.1 Å². The molecule has 2 aromatic carbocycles. The van der Waals surface area contributed by atoms with E-state index in [1.807, 2.05) is 36.4 Å². The van der Waals surface area contributed by atoms with Crippen LogP contribution in [0.3, 0.4) is 0 Å². The van der Waals surface area contributed by atoms with Crippen LogP contribution in [0.15, 0.2) is 48.5 Å². The van der Waals surface area contributed by atoms with Crippen molar-refractivity contribution >= 4 is 22.9 Å². The molecule has 0 radical (unpaired) electrons. The van der Waals surface area contributed by atoms with Crippen LogP contribution in [-0.4, -0.2) is 40.0 Å². The summed E-state index contributed by atoms with van der Waals surface area (Å²) in [4.78, 5) is 19.7. The number of fused-ring (bicyclic) bond motifs is 1. The summed E-state index contributed by atoms with van der Waals surface area (Å²) in [6, 6.07) is 15.3. The molecule has 0 bridgehead atoms. The molecule has 0 fully saturated rings. The van der Waals surface area contributed by atoms with E-state index in [9.17, 15) is 4.79 Å². The fraction of sp³-hybridized carbons (Fsp3) is 0.333. The van der Waals surface area contributed by atoms with Crippen molar-refractivity contribution < 1.29 is 4.79 Å². The predicted molar refractivity (Wildman–Crippen MR) is 110 cm³/mol. The van der Waals surface area contributed by atoms with E-state index >= 15 is 0 Å². The van der Waals surface area contributed by atoms with E-state index in [1.54, 1.807) is 12.1 Å². The van der Waals surface area contributed by atoms with Crippen molar-refractivity contribution in [2.75, 3.05) is 25.0 Å². The Balaban J connectivity index is 1.85. The lowest BCUT2D eigenvalue weighted by molar-refractivity contribution is 0.102. The largest absolute Gasteiger partial charge is 0.326 e. The maximum absolute atomic E-state index is 12.7. The van der Waals surface area contributed by atoms with Crippen molar-refractivity contribution in [2.45, 2.75) is 26.9 Å². The molecule has 0 unspecified atom stereocenters. The minimum absolute atomic E-state index is 0.169. The van der Waals surface area contributed by atoms with E-state index < -0.39 is 0 Å². The maximum atomic E-state index is 12.7. The summed E-state index contributed by atoms with van der Waals surface area (Å²) in [6.07, 6.45) is 0. The van der Waals surface area contributed by atoms with Gasteiger partial charge in [0.2, 0.25) is 5.95 Å². The number of carbonyl (C=O) groups is 1. The van der Waals surface area contributed by atoms with Crippen molar-refractivity contribution in [3.8, 4) is 0 Å². The minimum Gasteiger partial charge on any atom is -0.326 e. The number of hydrogen-bond acceptors (Lipinski definition) is 4. The number of likely N-dealkylation sites (N-methyl/N-ethyl adjacent to an activating group) is 1. The molecular formula is C21H27N5O. The molecule has 3 rings (SSSR count). The number of amides is 1. The first kappa shape index (κ1) is 19.1. The zero-order chi connectivity index (χ0) is 19.2. The summed E-state index contributed by atoms with van der Waals surface area (Å²) < 4.78 is 2.08. The highest BCUT2D eigenvalue weighted by Gasteiger charge is 2.15. The molecule has 1 heterocycles. The van der Waals surface area contributed by atoms with Gasteiger partial charge in [0.1, 0.15) is 0 Å². The van der Waals surface area contributed by atoms with Crippen molar-refractivity contribution in [2.24, 2.45) is 5.73 Å². The third-order valence-electron chi connectivity index (χ3n) is 4.87. The fourth-order valence-electron chi connectivity index (χ4n) is 3.14. The molecule has 0 atom stereocenters. The molecule has 3 aromatic rings. The van der Waals surface area contributed by atoms with Crippen LogP contribution in [0.1, 0.15) is 29.8 Å². The SMILES string of the molecule is CCN(CC)CCn1c(NC(=O)c2ccc(CN)cc2)nc2ccccc21. The number of nitrogens with zero attached hydrogens (tertiary/aromatic N) is 3. The van der Waals surface area contributed by atoms with Crippen LogP contribution in [0.5, 0.6) is 0 Å². The molecule has 6 heteroatoms. The van der Waals surface area contributed by atoms with Gasteiger partial charge >= 0.3 is 0 Å². The minimum atomic E-state index is -0.169. The van der Waals surface area contributed by atoms with Crippen molar-refractivity contribution in [1.29, 1.82) is 0 Å². The number of aromatic nitrogens is 2. The summed E-state index contributed by atoms with van der Waals surface area (Å²) in [5.41, 5.74) is 9.12. The van der Waals surface area contributed by atoms with Gasteiger partial charge in [-0.05, 0) is 42.9 Å². The molecule has 0 aliphatic rings. The number of para-hydroxylation sites is 2. The van der Waals surface area contributed by atoms with Gasteiger partial charge in [0.05, 0.1) is 11.0 Å². The first-order valence-corrected chi connectivity index (χ1v) is 9.44. The van der Waals surface area contributed by atoms with E-state index in [0.29, 0.717) is 18.1 Å². The Kier molecular flexibility index (Phi) is 6.21. The molecule has 0 aliphatic heterocycles. The Labute approximate surface area is 160 Å². The average Bonchev–Trinajstić information content (AvgIpc) is 3.06. The average molecular weight is 365 g/mol. The standard InChI is InChI=1S/C21H27N5O/c1-3-25(4-2)13-14-26-19-8-6-5-7-18(19)23-21(26)24-20(27)17-11-9-16(15-22)10-12-17/h5-12H,3-4,13-15,22H2,1-2H3,(H,23,24,27). The third kappa shape index (κ3) is 4.35. The van der Waals surface area contributed by atoms with Crippen LogP contribution in [0, 0.1) is 0 Å². The number of carbonyl (C=O) groups excluding carboxylic acids is 1. The second kappa shape index (κ2) is 8.79. The first-order chi connectivity index (χ1) is 13.2. The summed E-state index contributed by atoms with van der Waals surface area (Å²) >= 11 is 0. The van der Waals surface area contributed by atoms with E-state index in [4.69, 9.17) is 5.73 Å². The van der Waals surface area contributed by atoms with Crippen molar-refractivity contribution in [1.82, 2.24) is 14.5 Å². The molecule has 0 saturated heterocycles.